The summed E-state index contributed by atoms with van der Waals surface area (Å²) in [7, 11) is 0. The molecular weight excluding hydrogens is 225 g/mol. The van der Waals surface area contributed by atoms with E-state index in [1.165, 1.54) is 11.6 Å². The summed E-state index contributed by atoms with van der Waals surface area (Å²) < 4.78 is 13.0. The van der Waals surface area contributed by atoms with Gasteiger partial charge in [-0.2, -0.15) is 0 Å². The quantitative estimate of drug-likeness (QED) is 0.856. The highest BCUT2D eigenvalue weighted by Gasteiger charge is 2.05. The Labute approximate surface area is 108 Å². The average molecular weight is 243 g/mol. The Balaban J connectivity index is 1.99. The maximum atomic E-state index is 13.0. The first-order chi connectivity index (χ1) is 8.66. The van der Waals surface area contributed by atoms with Crippen LogP contribution in [-0.2, 0) is 6.54 Å². The summed E-state index contributed by atoms with van der Waals surface area (Å²) in [4.78, 5) is 0. The minimum atomic E-state index is -0.174. The molecule has 0 amide bonds. The van der Waals surface area contributed by atoms with E-state index in [0.29, 0.717) is 0 Å². The topological polar surface area (TPSA) is 12.0 Å². The Morgan fingerprint density at radius 2 is 1.83 bits per heavy atom. The van der Waals surface area contributed by atoms with Crippen LogP contribution in [0.4, 0.5) is 4.39 Å². The normalized spacial score (nSPS) is 12.4. The van der Waals surface area contributed by atoms with E-state index in [1.54, 1.807) is 6.07 Å². The molecule has 0 saturated carbocycles. The molecule has 2 heteroatoms. The molecule has 0 aliphatic rings. The van der Waals surface area contributed by atoms with Crippen molar-refractivity contribution in [3.8, 4) is 0 Å². The number of benzene rings is 2. The summed E-state index contributed by atoms with van der Waals surface area (Å²) in [6, 6.07) is 15.5. The zero-order valence-electron chi connectivity index (χ0n) is 10.8. The number of nitrogens with one attached hydrogen (secondary N) is 1. The zero-order chi connectivity index (χ0) is 13.0. The first-order valence-electron chi connectivity index (χ1n) is 6.20. The molecule has 0 aromatic heterocycles. The standard InChI is InChI=1S/C16H18FN/c1-12-10-16(17)9-8-15(12)11-18-13(2)14-6-4-3-5-7-14/h3-10,13,18H,11H2,1-2H3/t13-/m0/s1. The predicted octanol–water partition coefficient (Wildman–Crippen LogP) is 3.98. The monoisotopic (exact) mass is 243 g/mol. The molecule has 0 saturated heterocycles. The molecule has 2 rings (SSSR count). The van der Waals surface area contributed by atoms with Crippen LogP contribution in [0.25, 0.3) is 0 Å². The van der Waals surface area contributed by atoms with Crippen LogP contribution < -0.4 is 5.32 Å². The van der Waals surface area contributed by atoms with E-state index in [0.717, 1.165) is 17.7 Å². The van der Waals surface area contributed by atoms with Gasteiger partial charge >= 0.3 is 0 Å². The highest BCUT2D eigenvalue weighted by atomic mass is 19.1. The Morgan fingerprint density at radius 1 is 1.11 bits per heavy atom. The largest absolute Gasteiger partial charge is 0.306 e. The van der Waals surface area contributed by atoms with Gasteiger partial charge in [0.05, 0.1) is 0 Å². The lowest BCUT2D eigenvalue weighted by atomic mass is 10.1. The zero-order valence-corrected chi connectivity index (χ0v) is 10.8. The molecule has 0 radical (unpaired) electrons. The summed E-state index contributed by atoms with van der Waals surface area (Å²) in [5.41, 5.74) is 3.39. The summed E-state index contributed by atoms with van der Waals surface area (Å²) in [5, 5.41) is 3.45. The molecule has 0 fully saturated rings. The van der Waals surface area contributed by atoms with Gasteiger partial charge in [0.15, 0.2) is 0 Å². The summed E-state index contributed by atoms with van der Waals surface area (Å²) in [5.74, 6) is -0.174. The van der Waals surface area contributed by atoms with Gasteiger partial charge in [-0.1, -0.05) is 36.4 Å². The molecule has 2 aromatic carbocycles. The highest BCUT2D eigenvalue weighted by molar-refractivity contribution is 5.27. The van der Waals surface area contributed by atoms with Crippen LogP contribution in [0.1, 0.15) is 29.7 Å². The van der Waals surface area contributed by atoms with Crippen molar-refractivity contribution < 1.29 is 4.39 Å². The van der Waals surface area contributed by atoms with E-state index in [1.807, 2.05) is 31.2 Å². The van der Waals surface area contributed by atoms with Crippen molar-refractivity contribution in [3.63, 3.8) is 0 Å². The van der Waals surface area contributed by atoms with Gasteiger partial charge < -0.3 is 5.32 Å². The molecule has 94 valence electrons. The van der Waals surface area contributed by atoms with Crippen molar-refractivity contribution >= 4 is 0 Å². The molecule has 0 heterocycles. The van der Waals surface area contributed by atoms with Gasteiger partial charge in [-0.3, -0.25) is 0 Å². The van der Waals surface area contributed by atoms with Crippen LogP contribution in [0.5, 0.6) is 0 Å². The van der Waals surface area contributed by atoms with Crippen LogP contribution in [0.15, 0.2) is 48.5 Å². The minimum Gasteiger partial charge on any atom is -0.306 e. The molecule has 1 atom stereocenters. The molecule has 0 unspecified atom stereocenters. The van der Waals surface area contributed by atoms with Gasteiger partial charge in [-0.05, 0) is 42.7 Å². The molecule has 0 bridgehead atoms. The second-order valence-electron chi connectivity index (χ2n) is 4.58. The Hall–Kier alpha value is -1.67. The van der Waals surface area contributed by atoms with Crippen LogP contribution in [0, 0.1) is 12.7 Å². The lowest BCUT2D eigenvalue weighted by Crippen LogP contribution is -2.18. The van der Waals surface area contributed by atoms with Gasteiger partial charge in [-0.15, -0.1) is 0 Å². The molecule has 18 heavy (non-hydrogen) atoms. The molecule has 1 nitrogen and oxygen atoms in total. The third kappa shape index (κ3) is 3.17. The molecule has 0 aliphatic carbocycles. The van der Waals surface area contributed by atoms with E-state index >= 15 is 0 Å². The Bertz CT molecular complexity index is 508. The maximum Gasteiger partial charge on any atom is 0.123 e. The van der Waals surface area contributed by atoms with E-state index < -0.39 is 0 Å². The van der Waals surface area contributed by atoms with E-state index in [-0.39, 0.29) is 11.9 Å². The van der Waals surface area contributed by atoms with Gasteiger partial charge in [0.2, 0.25) is 0 Å². The number of halogens is 1. The van der Waals surface area contributed by atoms with Gasteiger partial charge in [-0.25, -0.2) is 4.39 Å². The van der Waals surface area contributed by atoms with Gasteiger partial charge in [0.1, 0.15) is 5.82 Å². The van der Waals surface area contributed by atoms with Crippen LogP contribution in [-0.4, -0.2) is 0 Å². The fraction of sp³-hybridized carbons (Fsp3) is 0.250. The lowest BCUT2D eigenvalue weighted by Gasteiger charge is -2.15. The second-order valence-corrected chi connectivity index (χ2v) is 4.58. The van der Waals surface area contributed by atoms with Crippen LogP contribution in [0.2, 0.25) is 0 Å². The first kappa shape index (κ1) is 12.8. The fourth-order valence-corrected chi connectivity index (χ4v) is 1.98. The van der Waals surface area contributed by atoms with Crippen molar-refractivity contribution in [2.24, 2.45) is 0 Å². The van der Waals surface area contributed by atoms with E-state index in [2.05, 4.69) is 24.4 Å². The van der Waals surface area contributed by atoms with Crippen molar-refractivity contribution in [2.75, 3.05) is 0 Å². The minimum absolute atomic E-state index is 0.174. The summed E-state index contributed by atoms with van der Waals surface area (Å²) in [6.07, 6.45) is 0. The van der Waals surface area contributed by atoms with Crippen molar-refractivity contribution in [1.82, 2.24) is 5.32 Å². The smallest absolute Gasteiger partial charge is 0.123 e. The number of hydrogen-bond donors (Lipinski definition) is 1. The summed E-state index contributed by atoms with van der Waals surface area (Å²) in [6.45, 7) is 4.82. The van der Waals surface area contributed by atoms with Gasteiger partial charge in [0, 0.05) is 12.6 Å². The molecule has 1 N–H and O–H groups in total. The highest BCUT2D eigenvalue weighted by Crippen LogP contribution is 2.14. The number of aryl methyl sites for hydroxylation is 1. The fourth-order valence-electron chi connectivity index (χ4n) is 1.98. The predicted molar refractivity (Wildman–Crippen MR) is 72.8 cm³/mol. The average Bonchev–Trinajstić information content (AvgIpc) is 2.38. The molecule has 0 aliphatic heterocycles. The Morgan fingerprint density at radius 3 is 2.50 bits per heavy atom. The van der Waals surface area contributed by atoms with Crippen molar-refractivity contribution in [1.29, 1.82) is 0 Å². The summed E-state index contributed by atoms with van der Waals surface area (Å²) >= 11 is 0. The van der Waals surface area contributed by atoms with E-state index in [9.17, 15) is 4.39 Å². The first-order valence-corrected chi connectivity index (χ1v) is 6.20. The van der Waals surface area contributed by atoms with Crippen LogP contribution >= 0.6 is 0 Å². The lowest BCUT2D eigenvalue weighted by molar-refractivity contribution is 0.571. The van der Waals surface area contributed by atoms with Crippen molar-refractivity contribution in [3.05, 3.63) is 71.0 Å². The molecular formula is C16H18FN. The number of rotatable bonds is 4. The van der Waals surface area contributed by atoms with Crippen molar-refractivity contribution in [2.45, 2.75) is 26.4 Å². The SMILES string of the molecule is Cc1cc(F)ccc1CN[C@@H](C)c1ccccc1. The number of hydrogen-bond acceptors (Lipinski definition) is 1. The third-order valence-electron chi connectivity index (χ3n) is 3.20. The van der Waals surface area contributed by atoms with Crippen LogP contribution in [0.3, 0.4) is 0 Å². The van der Waals surface area contributed by atoms with Gasteiger partial charge in [0.25, 0.3) is 0 Å². The second kappa shape index (κ2) is 5.78. The Kier molecular flexibility index (Phi) is 4.11. The molecule has 0 spiro atoms. The third-order valence-corrected chi connectivity index (χ3v) is 3.20. The maximum absolute atomic E-state index is 13.0. The molecule has 2 aromatic rings. The van der Waals surface area contributed by atoms with E-state index in [4.69, 9.17) is 0 Å².